The summed E-state index contributed by atoms with van der Waals surface area (Å²) in [5, 5.41) is 4.02. The number of hydrogen-bond acceptors (Lipinski definition) is 4. The van der Waals surface area contributed by atoms with E-state index in [0.717, 1.165) is 13.8 Å². The van der Waals surface area contributed by atoms with Gasteiger partial charge in [0, 0.05) is 0 Å². The smallest absolute Gasteiger partial charge is 0.334 e. The third-order valence-electron chi connectivity index (χ3n) is 3.17. The first-order chi connectivity index (χ1) is 11.0. The van der Waals surface area contributed by atoms with Gasteiger partial charge in [0.1, 0.15) is 5.54 Å². The van der Waals surface area contributed by atoms with Crippen molar-refractivity contribution in [3.63, 3.8) is 0 Å². The zero-order valence-corrected chi connectivity index (χ0v) is 12.6. The Morgan fingerprint density at radius 2 is 1.83 bits per heavy atom. The molecule has 0 saturated heterocycles. The average molecular weight is 342 g/mol. The van der Waals surface area contributed by atoms with Crippen LogP contribution in [0.5, 0.6) is 0 Å². The van der Waals surface area contributed by atoms with Crippen LogP contribution in [0.4, 0.5) is 18.9 Å². The molecule has 1 aromatic heterocycles. The molecule has 0 fully saturated rings. The lowest BCUT2D eigenvalue weighted by atomic mass is 10.0. The Morgan fingerprint density at radius 3 is 2.46 bits per heavy atom. The molecule has 0 spiro atoms. The molecular weight excluding hydrogens is 329 g/mol. The Balaban J connectivity index is 2.30. The minimum absolute atomic E-state index is 0.0705. The second-order valence-electron chi connectivity index (χ2n) is 5.46. The van der Waals surface area contributed by atoms with E-state index in [1.165, 1.54) is 24.5 Å². The normalized spacial score (nSPS) is 12.0. The Bertz CT molecular complexity index is 853. The van der Waals surface area contributed by atoms with Gasteiger partial charge < -0.3 is 15.6 Å². The molecular formula is C14H13F3N4O3. The third-order valence-corrected chi connectivity index (χ3v) is 3.17. The quantitative estimate of drug-likeness (QED) is 0.782. The van der Waals surface area contributed by atoms with Crippen molar-refractivity contribution in [2.45, 2.75) is 25.6 Å². The number of nitrogens with one attached hydrogen (secondary N) is 3. The van der Waals surface area contributed by atoms with Gasteiger partial charge in [0.25, 0.3) is 5.56 Å². The van der Waals surface area contributed by atoms with E-state index in [1.807, 2.05) is 0 Å². The lowest BCUT2D eigenvalue weighted by Crippen LogP contribution is -2.55. The minimum atomic E-state index is -5.11. The summed E-state index contributed by atoms with van der Waals surface area (Å²) in [6.07, 6.45) is -3.93. The predicted octanol–water partition coefficient (Wildman–Crippen LogP) is 1.32. The summed E-state index contributed by atoms with van der Waals surface area (Å²) in [4.78, 5) is 41.4. The Hall–Kier alpha value is -2.91. The lowest BCUT2D eigenvalue weighted by Gasteiger charge is -2.25. The van der Waals surface area contributed by atoms with Gasteiger partial charge in [-0.1, -0.05) is 6.07 Å². The van der Waals surface area contributed by atoms with E-state index >= 15 is 0 Å². The summed E-state index contributed by atoms with van der Waals surface area (Å²) in [6.45, 7) is 2.22. The van der Waals surface area contributed by atoms with Crippen molar-refractivity contribution in [1.29, 1.82) is 0 Å². The molecule has 128 valence electrons. The van der Waals surface area contributed by atoms with Crippen LogP contribution in [0.15, 0.2) is 29.3 Å². The fourth-order valence-electron chi connectivity index (χ4n) is 1.91. The maximum absolute atomic E-state index is 12.3. The van der Waals surface area contributed by atoms with Crippen molar-refractivity contribution in [2.75, 3.05) is 5.32 Å². The highest BCUT2D eigenvalue weighted by atomic mass is 19.4. The lowest BCUT2D eigenvalue weighted by molar-refractivity contribution is -0.175. The molecule has 10 heteroatoms. The molecule has 0 saturated carbocycles. The van der Waals surface area contributed by atoms with Crippen molar-refractivity contribution >= 4 is 28.4 Å². The molecule has 2 aromatic rings. The molecule has 24 heavy (non-hydrogen) atoms. The van der Waals surface area contributed by atoms with Crippen molar-refractivity contribution in [1.82, 2.24) is 15.3 Å². The number of carbonyl (C=O) groups excluding carboxylic acids is 2. The Labute approximate surface area is 133 Å². The number of aromatic nitrogens is 2. The van der Waals surface area contributed by atoms with E-state index in [0.29, 0.717) is 5.52 Å². The summed E-state index contributed by atoms with van der Waals surface area (Å²) in [5.74, 6) is -3.16. The number of rotatable bonds is 3. The number of amides is 2. The van der Waals surface area contributed by atoms with Gasteiger partial charge in [-0.2, -0.15) is 13.2 Å². The number of aromatic amines is 1. The van der Waals surface area contributed by atoms with Crippen LogP contribution in [0, 0.1) is 0 Å². The molecule has 0 atom stereocenters. The summed E-state index contributed by atoms with van der Waals surface area (Å²) < 4.78 is 37.0. The van der Waals surface area contributed by atoms with Crippen molar-refractivity contribution in [2.24, 2.45) is 0 Å². The van der Waals surface area contributed by atoms with Gasteiger partial charge in [0.05, 0.1) is 22.9 Å². The SMILES string of the molecule is CC(C)(NC(=O)C(F)(F)F)C(=O)Nc1cccc2nc[nH]c(=O)c12. The summed E-state index contributed by atoms with van der Waals surface area (Å²) >= 11 is 0. The Morgan fingerprint density at radius 1 is 1.17 bits per heavy atom. The average Bonchev–Trinajstić information content (AvgIpc) is 2.46. The van der Waals surface area contributed by atoms with Crippen LogP contribution in [0.2, 0.25) is 0 Å². The van der Waals surface area contributed by atoms with Crippen LogP contribution in [-0.4, -0.2) is 33.5 Å². The third kappa shape index (κ3) is 3.53. The van der Waals surface area contributed by atoms with E-state index < -0.39 is 29.1 Å². The summed E-state index contributed by atoms with van der Waals surface area (Å²) in [7, 11) is 0. The van der Waals surface area contributed by atoms with E-state index in [4.69, 9.17) is 0 Å². The molecule has 0 bridgehead atoms. The van der Waals surface area contributed by atoms with Crippen LogP contribution >= 0.6 is 0 Å². The molecule has 0 radical (unpaired) electrons. The first-order valence-corrected chi connectivity index (χ1v) is 6.69. The molecule has 2 amide bonds. The van der Waals surface area contributed by atoms with Gasteiger partial charge >= 0.3 is 12.1 Å². The van der Waals surface area contributed by atoms with Crippen molar-refractivity contribution < 1.29 is 22.8 Å². The fourth-order valence-corrected chi connectivity index (χ4v) is 1.91. The topological polar surface area (TPSA) is 104 Å². The van der Waals surface area contributed by atoms with Crippen LogP contribution < -0.4 is 16.2 Å². The summed E-state index contributed by atoms with van der Waals surface area (Å²) in [6, 6.07) is 4.46. The van der Waals surface area contributed by atoms with Gasteiger partial charge in [-0.05, 0) is 26.0 Å². The first-order valence-electron chi connectivity index (χ1n) is 6.69. The number of halogens is 3. The molecule has 0 aliphatic carbocycles. The number of carbonyl (C=O) groups is 2. The molecule has 0 unspecified atom stereocenters. The fraction of sp³-hybridized carbons (Fsp3) is 0.286. The standard InChI is InChI=1S/C14H13F3N4O3/c1-13(2,21-12(24)14(15,16)17)11(23)20-8-5-3-4-7-9(8)10(22)19-6-18-7/h3-6H,1-2H3,(H,20,23)(H,21,24)(H,18,19,22). The number of alkyl halides is 3. The van der Waals surface area contributed by atoms with Crippen LogP contribution in [0.3, 0.4) is 0 Å². The number of benzene rings is 1. The number of fused-ring (bicyclic) bond motifs is 1. The minimum Gasteiger partial charge on any atom is -0.334 e. The number of H-pyrrole nitrogens is 1. The summed E-state index contributed by atoms with van der Waals surface area (Å²) in [5.41, 5.74) is -2.01. The van der Waals surface area contributed by atoms with Crippen molar-refractivity contribution in [3.05, 3.63) is 34.9 Å². The van der Waals surface area contributed by atoms with Gasteiger partial charge in [0.2, 0.25) is 5.91 Å². The molecule has 1 aromatic carbocycles. The molecule has 0 aliphatic rings. The maximum atomic E-state index is 12.3. The highest BCUT2D eigenvalue weighted by Gasteiger charge is 2.43. The van der Waals surface area contributed by atoms with E-state index in [2.05, 4.69) is 15.3 Å². The van der Waals surface area contributed by atoms with Crippen LogP contribution in [0.1, 0.15) is 13.8 Å². The van der Waals surface area contributed by atoms with Crippen LogP contribution in [0.25, 0.3) is 10.9 Å². The number of anilines is 1. The number of nitrogens with zero attached hydrogens (tertiary/aromatic N) is 1. The highest BCUT2D eigenvalue weighted by Crippen LogP contribution is 2.20. The zero-order valence-electron chi connectivity index (χ0n) is 12.6. The largest absolute Gasteiger partial charge is 0.471 e. The Kier molecular flexibility index (Phi) is 4.32. The van der Waals surface area contributed by atoms with Crippen molar-refractivity contribution in [3.8, 4) is 0 Å². The van der Waals surface area contributed by atoms with E-state index in [9.17, 15) is 27.6 Å². The van der Waals surface area contributed by atoms with E-state index in [-0.39, 0.29) is 11.1 Å². The maximum Gasteiger partial charge on any atom is 0.471 e. The van der Waals surface area contributed by atoms with Gasteiger partial charge in [0.15, 0.2) is 0 Å². The second-order valence-corrected chi connectivity index (χ2v) is 5.46. The van der Waals surface area contributed by atoms with E-state index in [1.54, 1.807) is 5.32 Å². The molecule has 7 nitrogen and oxygen atoms in total. The molecule has 2 rings (SSSR count). The number of hydrogen-bond donors (Lipinski definition) is 3. The molecule has 3 N–H and O–H groups in total. The zero-order chi connectivity index (χ0) is 18.1. The van der Waals surface area contributed by atoms with Gasteiger partial charge in [-0.3, -0.25) is 14.4 Å². The monoisotopic (exact) mass is 342 g/mol. The van der Waals surface area contributed by atoms with Crippen LogP contribution in [-0.2, 0) is 9.59 Å². The predicted molar refractivity (Wildman–Crippen MR) is 79.3 cm³/mol. The molecule has 0 aliphatic heterocycles. The van der Waals surface area contributed by atoms with Gasteiger partial charge in [-0.15, -0.1) is 0 Å². The molecule has 1 heterocycles. The highest BCUT2D eigenvalue weighted by molar-refractivity contribution is 6.05. The first kappa shape index (κ1) is 17.4. The van der Waals surface area contributed by atoms with Gasteiger partial charge in [-0.25, -0.2) is 4.98 Å². The second kappa shape index (κ2) is 5.95.